The van der Waals surface area contributed by atoms with Crippen molar-refractivity contribution < 1.29 is 0 Å². The third kappa shape index (κ3) is 3.95. The van der Waals surface area contributed by atoms with Crippen molar-refractivity contribution in [2.45, 2.75) is 5.41 Å². The van der Waals surface area contributed by atoms with Crippen LogP contribution in [0.3, 0.4) is 0 Å². The van der Waals surface area contributed by atoms with E-state index in [1.807, 2.05) is 11.3 Å². The fourth-order valence-electron chi connectivity index (χ4n) is 8.76. The molecule has 0 radical (unpaired) electrons. The van der Waals surface area contributed by atoms with Crippen molar-refractivity contribution in [3.8, 4) is 33.5 Å². The third-order valence-electron chi connectivity index (χ3n) is 10.9. The van der Waals surface area contributed by atoms with Gasteiger partial charge in [-0.25, -0.2) is 4.98 Å². The predicted octanol–water partition coefficient (Wildman–Crippen LogP) is 12.6. The van der Waals surface area contributed by atoms with E-state index < -0.39 is 5.41 Å². The van der Waals surface area contributed by atoms with Gasteiger partial charge in [0.05, 0.1) is 26.8 Å². The van der Waals surface area contributed by atoms with E-state index in [2.05, 4.69) is 186 Å². The first-order valence-electron chi connectivity index (χ1n) is 17.5. The van der Waals surface area contributed by atoms with Gasteiger partial charge < -0.3 is 0 Å². The number of para-hydroxylation sites is 2. The Labute approximate surface area is 299 Å². The normalized spacial score (nSPS) is 13.3. The summed E-state index contributed by atoms with van der Waals surface area (Å²) in [7, 11) is 0. The van der Waals surface area contributed by atoms with Gasteiger partial charge in [0, 0.05) is 15.5 Å². The molecule has 1 aliphatic rings. The number of hydrogen-bond acceptors (Lipinski definition) is 2. The van der Waals surface area contributed by atoms with Gasteiger partial charge in [-0.3, -0.25) is 4.40 Å². The van der Waals surface area contributed by atoms with Crippen molar-refractivity contribution in [2.24, 2.45) is 0 Å². The molecule has 0 bridgehead atoms. The second-order valence-corrected chi connectivity index (χ2v) is 14.5. The second-order valence-electron chi connectivity index (χ2n) is 13.5. The number of nitrogens with zero attached hydrogens (tertiary/aromatic N) is 2. The Morgan fingerprint density at radius 2 is 1.12 bits per heavy atom. The van der Waals surface area contributed by atoms with Gasteiger partial charge in [0.2, 0.25) is 0 Å². The molecule has 3 heteroatoms. The lowest BCUT2D eigenvalue weighted by molar-refractivity contribution is 0.768. The maximum atomic E-state index is 5.19. The molecule has 238 valence electrons. The minimum Gasteiger partial charge on any atom is -0.291 e. The summed E-state index contributed by atoms with van der Waals surface area (Å²) in [6.07, 6.45) is 0. The number of fused-ring (bicyclic) bond motifs is 10. The first kappa shape index (κ1) is 28.5. The molecule has 7 aromatic carbocycles. The van der Waals surface area contributed by atoms with E-state index in [9.17, 15) is 0 Å². The summed E-state index contributed by atoms with van der Waals surface area (Å²) in [6, 6.07) is 66.7. The van der Waals surface area contributed by atoms with Gasteiger partial charge in [0.1, 0.15) is 0 Å². The Balaban J connectivity index is 1.13. The van der Waals surface area contributed by atoms with Crippen LogP contribution >= 0.6 is 11.3 Å². The first-order chi connectivity index (χ1) is 25.3. The number of aromatic nitrogens is 2. The van der Waals surface area contributed by atoms with E-state index in [4.69, 9.17) is 4.98 Å². The average Bonchev–Trinajstić information content (AvgIpc) is 3.87. The van der Waals surface area contributed by atoms with Crippen LogP contribution in [0.4, 0.5) is 0 Å². The second kappa shape index (κ2) is 10.9. The fraction of sp³-hybridized carbons (Fsp3) is 0.0208. The molecule has 0 amide bonds. The highest BCUT2D eigenvalue weighted by molar-refractivity contribution is 7.26. The molecule has 0 unspecified atom stereocenters. The summed E-state index contributed by atoms with van der Waals surface area (Å²) in [4.78, 5) is 5.19. The standard InChI is InChI=1S/C48H30N2S/c1-3-14-33(15-4-1)48(34-16-5-2-6-17-34)39-21-9-7-19-37(39)45-35(20-13-22-40(45)48)31-26-28-32(29-27-31)43-30-38-36-18-8-12-25-44(36)51-46(38)47-49-41-23-10-11-24-42(41)50(43)47/h1-30H. The van der Waals surface area contributed by atoms with Gasteiger partial charge in [-0.1, -0.05) is 158 Å². The number of rotatable bonds is 4. The van der Waals surface area contributed by atoms with Gasteiger partial charge in [-0.15, -0.1) is 11.3 Å². The SMILES string of the molecule is c1ccc(C2(c3ccccc3)c3ccccc3-c3c(-c4ccc(-c5cc6c7ccccc7sc6c6nc7ccccc7n56)cc4)cccc32)cc1. The van der Waals surface area contributed by atoms with E-state index >= 15 is 0 Å². The number of pyridine rings is 1. The molecule has 0 aliphatic heterocycles. The molecule has 0 saturated carbocycles. The summed E-state index contributed by atoms with van der Waals surface area (Å²) >= 11 is 1.83. The largest absolute Gasteiger partial charge is 0.291 e. The number of benzene rings is 7. The summed E-state index contributed by atoms with van der Waals surface area (Å²) < 4.78 is 4.87. The Morgan fingerprint density at radius 1 is 0.490 bits per heavy atom. The van der Waals surface area contributed by atoms with Gasteiger partial charge >= 0.3 is 0 Å². The zero-order chi connectivity index (χ0) is 33.5. The molecular formula is C48H30N2S. The van der Waals surface area contributed by atoms with Crippen LogP contribution in [0, 0.1) is 0 Å². The molecule has 1 aliphatic carbocycles. The van der Waals surface area contributed by atoms with Crippen LogP contribution in [0.25, 0.3) is 70.4 Å². The van der Waals surface area contributed by atoms with Gasteiger partial charge in [0.15, 0.2) is 5.65 Å². The van der Waals surface area contributed by atoms with E-state index in [1.165, 1.54) is 70.2 Å². The van der Waals surface area contributed by atoms with Crippen molar-refractivity contribution >= 4 is 48.2 Å². The van der Waals surface area contributed by atoms with Gasteiger partial charge in [-0.2, -0.15) is 0 Å². The summed E-state index contributed by atoms with van der Waals surface area (Å²) in [5.41, 5.74) is 15.3. The summed E-state index contributed by atoms with van der Waals surface area (Å²) in [5.74, 6) is 0. The molecule has 2 nitrogen and oxygen atoms in total. The molecule has 3 heterocycles. The smallest absolute Gasteiger partial charge is 0.156 e. The number of hydrogen-bond donors (Lipinski definition) is 0. The van der Waals surface area contributed by atoms with Crippen LogP contribution in [0.2, 0.25) is 0 Å². The number of imidazole rings is 1. The van der Waals surface area contributed by atoms with Crippen LogP contribution in [0.5, 0.6) is 0 Å². The zero-order valence-electron chi connectivity index (χ0n) is 27.6. The minimum absolute atomic E-state index is 0.419. The maximum absolute atomic E-state index is 5.19. The Morgan fingerprint density at radius 3 is 1.92 bits per heavy atom. The van der Waals surface area contributed by atoms with E-state index in [0.29, 0.717) is 0 Å². The number of thiophene rings is 1. The Bertz CT molecular complexity index is 2910. The quantitative estimate of drug-likeness (QED) is 0.183. The lowest BCUT2D eigenvalue weighted by atomic mass is 9.67. The molecule has 51 heavy (non-hydrogen) atoms. The molecule has 0 N–H and O–H groups in total. The summed E-state index contributed by atoms with van der Waals surface area (Å²) in [6.45, 7) is 0. The molecule has 0 fully saturated rings. The molecular weight excluding hydrogens is 637 g/mol. The third-order valence-corrected chi connectivity index (χ3v) is 12.1. The van der Waals surface area contributed by atoms with Crippen LogP contribution in [-0.2, 0) is 5.41 Å². The van der Waals surface area contributed by atoms with E-state index in [0.717, 1.165) is 22.4 Å². The fourth-order valence-corrected chi connectivity index (χ4v) is 9.93. The highest BCUT2D eigenvalue weighted by Gasteiger charge is 2.46. The van der Waals surface area contributed by atoms with E-state index in [-0.39, 0.29) is 0 Å². The lowest BCUT2D eigenvalue weighted by Gasteiger charge is -2.34. The van der Waals surface area contributed by atoms with Crippen molar-refractivity contribution in [3.63, 3.8) is 0 Å². The molecule has 10 aromatic rings. The first-order valence-corrected chi connectivity index (χ1v) is 18.3. The molecule has 3 aromatic heterocycles. The average molecular weight is 667 g/mol. The Kier molecular flexibility index (Phi) is 6.07. The molecule has 0 spiro atoms. The molecule has 0 atom stereocenters. The van der Waals surface area contributed by atoms with Gasteiger partial charge in [0.25, 0.3) is 0 Å². The Hall–Kier alpha value is -6.29. The monoisotopic (exact) mass is 666 g/mol. The van der Waals surface area contributed by atoms with Crippen molar-refractivity contribution in [2.75, 3.05) is 0 Å². The highest BCUT2D eigenvalue weighted by atomic mass is 32.1. The van der Waals surface area contributed by atoms with Gasteiger partial charge in [-0.05, 0) is 74.3 Å². The molecule has 0 saturated heterocycles. The van der Waals surface area contributed by atoms with Crippen LogP contribution in [-0.4, -0.2) is 9.38 Å². The topological polar surface area (TPSA) is 17.3 Å². The zero-order valence-corrected chi connectivity index (χ0v) is 28.4. The highest BCUT2D eigenvalue weighted by Crippen LogP contribution is 2.58. The van der Waals surface area contributed by atoms with Crippen LogP contribution in [0.1, 0.15) is 22.3 Å². The minimum atomic E-state index is -0.419. The van der Waals surface area contributed by atoms with Crippen LogP contribution in [0.15, 0.2) is 182 Å². The van der Waals surface area contributed by atoms with Crippen molar-refractivity contribution in [3.05, 3.63) is 204 Å². The summed E-state index contributed by atoms with van der Waals surface area (Å²) in [5, 5.41) is 2.54. The maximum Gasteiger partial charge on any atom is 0.156 e. The van der Waals surface area contributed by atoms with Crippen molar-refractivity contribution in [1.82, 2.24) is 9.38 Å². The van der Waals surface area contributed by atoms with E-state index in [1.54, 1.807) is 0 Å². The molecule has 11 rings (SSSR count). The predicted molar refractivity (Wildman–Crippen MR) is 214 cm³/mol. The van der Waals surface area contributed by atoms with Crippen LogP contribution < -0.4 is 0 Å². The lowest BCUT2D eigenvalue weighted by Crippen LogP contribution is -2.28. The van der Waals surface area contributed by atoms with Crippen molar-refractivity contribution in [1.29, 1.82) is 0 Å².